The lowest BCUT2D eigenvalue weighted by Crippen LogP contribution is -1.96. The van der Waals surface area contributed by atoms with E-state index in [0.29, 0.717) is 5.75 Å². The molecular formula is C36H19N3O2S. The number of ether oxygens (including phenoxy) is 1. The third-order valence-electron chi connectivity index (χ3n) is 8.36. The Kier molecular flexibility index (Phi) is 4.27. The van der Waals surface area contributed by atoms with Gasteiger partial charge in [0.05, 0.1) is 16.7 Å². The number of furan rings is 1. The van der Waals surface area contributed by atoms with Crippen LogP contribution in [0.5, 0.6) is 11.5 Å². The van der Waals surface area contributed by atoms with E-state index < -0.39 is 0 Å². The molecule has 0 saturated carbocycles. The Morgan fingerprint density at radius 2 is 1.52 bits per heavy atom. The van der Waals surface area contributed by atoms with Crippen LogP contribution in [0.3, 0.4) is 0 Å². The highest BCUT2D eigenvalue weighted by molar-refractivity contribution is 7.18. The highest BCUT2D eigenvalue weighted by Crippen LogP contribution is 2.51. The van der Waals surface area contributed by atoms with E-state index in [1.165, 1.54) is 21.0 Å². The zero-order valence-corrected chi connectivity index (χ0v) is 22.9. The molecule has 42 heavy (non-hydrogen) atoms. The standard InChI is InChI=1S/C36H19N3O2S/c1-2-8-27-22(6-1)23-11-10-20(17-28(23)39(27)32-9-3-4-14-37-32)40-21-16-25-33-30(18-21)41-29-12-13-31-34(35(29)33)26(19-42-31)24-7-5-15-38-36(24)25/h1-19H. The summed E-state index contributed by atoms with van der Waals surface area (Å²) in [6.45, 7) is 0. The van der Waals surface area contributed by atoms with Crippen LogP contribution in [0.1, 0.15) is 0 Å². The van der Waals surface area contributed by atoms with Crippen LogP contribution >= 0.6 is 11.3 Å². The van der Waals surface area contributed by atoms with Crippen molar-refractivity contribution < 1.29 is 9.15 Å². The Morgan fingerprint density at radius 1 is 0.619 bits per heavy atom. The maximum Gasteiger partial charge on any atom is 0.139 e. The predicted octanol–water partition coefficient (Wildman–Crippen LogP) is 10.1. The maximum atomic E-state index is 6.62. The van der Waals surface area contributed by atoms with Crippen molar-refractivity contribution in [1.29, 1.82) is 0 Å². The van der Waals surface area contributed by atoms with Gasteiger partial charge in [-0.25, -0.2) is 4.98 Å². The molecule has 196 valence electrons. The van der Waals surface area contributed by atoms with E-state index in [1.807, 2.05) is 48.8 Å². The molecule has 4 aromatic carbocycles. The molecule has 0 radical (unpaired) electrons. The molecule has 0 atom stereocenters. The summed E-state index contributed by atoms with van der Waals surface area (Å²) in [7, 11) is 0. The smallest absolute Gasteiger partial charge is 0.139 e. The van der Waals surface area contributed by atoms with E-state index >= 15 is 0 Å². The number of benzene rings is 4. The lowest BCUT2D eigenvalue weighted by molar-refractivity contribution is 0.483. The summed E-state index contributed by atoms with van der Waals surface area (Å²) in [5, 5.41) is 8.05. The van der Waals surface area contributed by atoms with E-state index in [9.17, 15) is 0 Å². The SMILES string of the molecule is c1ccc(-n2c3ccccc3c3ccc(Oc4cc5c6c(c4)oc4ccc7scc(c7c46)-c4cccnc4-5)cc32)nc1. The van der Waals surface area contributed by atoms with Gasteiger partial charge in [-0.2, -0.15) is 0 Å². The minimum Gasteiger partial charge on any atom is -0.457 e. The molecule has 0 spiro atoms. The van der Waals surface area contributed by atoms with Crippen molar-refractivity contribution in [2.24, 2.45) is 0 Å². The second-order valence-electron chi connectivity index (χ2n) is 10.6. The third kappa shape index (κ3) is 2.91. The van der Waals surface area contributed by atoms with Crippen molar-refractivity contribution >= 4 is 65.2 Å². The van der Waals surface area contributed by atoms with Crippen LogP contribution in [0.25, 0.3) is 82.0 Å². The molecule has 0 N–H and O–H groups in total. The Labute approximate surface area is 242 Å². The summed E-state index contributed by atoms with van der Waals surface area (Å²) in [4.78, 5) is 9.54. The van der Waals surface area contributed by atoms with Crippen LogP contribution in [0.15, 0.2) is 119 Å². The maximum absolute atomic E-state index is 6.62. The van der Waals surface area contributed by atoms with Gasteiger partial charge in [0, 0.05) is 72.8 Å². The fourth-order valence-electron chi connectivity index (χ4n) is 6.66. The number of pyridine rings is 2. The fourth-order valence-corrected chi connectivity index (χ4v) is 7.62. The predicted molar refractivity (Wildman–Crippen MR) is 170 cm³/mol. The third-order valence-corrected chi connectivity index (χ3v) is 9.31. The topological polar surface area (TPSA) is 53.1 Å². The van der Waals surface area contributed by atoms with E-state index in [0.717, 1.165) is 66.7 Å². The largest absolute Gasteiger partial charge is 0.457 e. The summed E-state index contributed by atoms with van der Waals surface area (Å²) in [5.41, 5.74) is 8.12. The van der Waals surface area contributed by atoms with Crippen LogP contribution in [0.4, 0.5) is 0 Å². The second kappa shape index (κ2) is 8.06. The fraction of sp³-hybridized carbons (Fsp3) is 0. The zero-order chi connectivity index (χ0) is 27.4. The van der Waals surface area contributed by atoms with Crippen molar-refractivity contribution in [1.82, 2.24) is 14.5 Å². The lowest BCUT2D eigenvalue weighted by atomic mass is 10.0. The molecule has 5 heterocycles. The van der Waals surface area contributed by atoms with Crippen LogP contribution in [0, 0.1) is 0 Å². The molecule has 0 unspecified atom stereocenters. The van der Waals surface area contributed by atoms with Gasteiger partial charge in [-0.3, -0.25) is 9.55 Å². The van der Waals surface area contributed by atoms with E-state index in [2.05, 4.69) is 75.6 Å². The van der Waals surface area contributed by atoms with Gasteiger partial charge in [0.2, 0.25) is 0 Å². The number of nitrogens with zero attached hydrogens (tertiary/aromatic N) is 3. The van der Waals surface area contributed by atoms with Gasteiger partial charge in [-0.15, -0.1) is 11.3 Å². The molecular weight excluding hydrogens is 538 g/mol. The molecule has 0 fully saturated rings. The average molecular weight is 558 g/mol. The lowest BCUT2D eigenvalue weighted by Gasteiger charge is -2.11. The molecule has 0 saturated heterocycles. The minimum atomic E-state index is 0.702. The Morgan fingerprint density at radius 3 is 2.48 bits per heavy atom. The normalized spacial score (nSPS) is 12.3. The van der Waals surface area contributed by atoms with Crippen molar-refractivity contribution in [2.45, 2.75) is 0 Å². The van der Waals surface area contributed by atoms with E-state index in [4.69, 9.17) is 14.1 Å². The average Bonchev–Trinajstić information content (AvgIpc) is 3.70. The molecule has 10 rings (SSSR count). The van der Waals surface area contributed by atoms with Gasteiger partial charge < -0.3 is 9.15 Å². The first-order valence-corrected chi connectivity index (χ1v) is 14.7. The van der Waals surface area contributed by atoms with Crippen molar-refractivity contribution in [3.05, 3.63) is 115 Å². The highest BCUT2D eigenvalue weighted by atomic mass is 32.1. The number of rotatable bonds is 3. The number of hydrogen-bond donors (Lipinski definition) is 0. The molecule has 0 amide bonds. The van der Waals surface area contributed by atoms with Gasteiger partial charge in [-0.1, -0.05) is 30.3 Å². The molecule has 5 nitrogen and oxygen atoms in total. The molecule has 1 aliphatic rings. The number of para-hydroxylation sites is 1. The van der Waals surface area contributed by atoms with Crippen molar-refractivity contribution in [3.8, 4) is 39.7 Å². The Hall–Kier alpha value is -5.46. The Bertz CT molecular complexity index is 2560. The molecule has 6 heteroatoms. The summed E-state index contributed by atoms with van der Waals surface area (Å²) < 4.78 is 16.5. The number of aromatic nitrogens is 3. The van der Waals surface area contributed by atoms with Gasteiger partial charge in [0.15, 0.2) is 0 Å². The van der Waals surface area contributed by atoms with E-state index in [1.54, 1.807) is 11.3 Å². The quantitative estimate of drug-likeness (QED) is 0.217. The van der Waals surface area contributed by atoms with Crippen LogP contribution < -0.4 is 4.74 Å². The molecule has 0 bridgehead atoms. The summed E-state index contributed by atoms with van der Waals surface area (Å²) >= 11 is 1.76. The van der Waals surface area contributed by atoms with Gasteiger partial charge in [-0.05, 0) is 60.0 Å². The zero-order valence-electron chi connectivity index (χ0n) is 22.0. The second-order valence-corrected chi connectivity index (χ2v) is 11.5. The molecule has 0 aliphatic heterocycles. The first-order valence-electron chi connectivity index (χ1n) is 13.8. The van der Waals surface area contributed by atoms with E-state index in [-0.39, 0.29) is 0 Å². The first kappa shape index (κ1) is 22.3. The van der Waals surface area contributed by atoms with Crippen molar-refractivity contribution in [3.63, 3.8) is 0 Å². The number of fused-ring (bicyclic) bond motifs is 6. The van der Waals surface area contributed by atoms with Crippen LogP contribution in [-0.2, 0) is 0 Å². The number of thiophene rings is 1. The monoisotopic (exact) mass is 557 g/mol. The Balaban J connectivity index is 1.20. The van der Waals surface area contributed by atoms with Crippen molar-refractivity contribution in [2.75, 3.05) is 0 Å². The van der Waals surface area contributed by atoms with Gasteiger partial charge in [0.1, 0.15) is 28.5 Å². The molecule has 9 aromatic rings. The number of hydrogen-bond acceptors (Lipinski definition) is 5. The van der Waals surface area contributed by atoms with Crippen LogP contribution in [0.2, 0.25) is 0 Å². The van der Waals surface area contributed by atoms with Gasteiger partial charge in [0.25, 0.3) is 0 Å². The van der Waals surface area contributed by atoms with Gasteiger partial charge >= 0.3 is 0 Å². The first-order chi connectivity index (χ1) is 20.8. The summed E-state index contributed by atoms with van der Waals surface area (Å²) in [6.07, 6.45) is 3.69. The summed E-state index contributed by atoms with van der Waals surface area (Å²) in [5.74, 6) is 2.31. The minimum absolute atomic E-state index is 0.702. The van der Waals surface area contributed by atoms with Crippen LogP contribution in [-0.4, -0.2) is 14.5 Å². The summed E-state index contributed by atoms with van der Waals surface area (Å²) in [6, 6.07) is 33.2. The molecule has 1 aliphatic carbocycles. The highest BCUT2D eigenvalue weighted by Gasteiger charge is 2.26. The molecule has 5 aromatic heterocycles.